The largest absolute Gasteiger partial charge is 0.481 e. The average Bonchev–Trinajstić information content (AvgIpc) is 2.84. The topological polar surface area (TPSA) is 89.9 Å². The predicted molar refractivity (Wildman–Crippen MR) is 149 cm³/mol. The zero-order valence-electron chi connectivity index (χ0n) is 24.9. The van der Waals surface area contributed by atoms with Crippen LogP contribution >= 0.6 is 0 Å². The highest BCUT2D eigenvalue weighted by Gasteiger charge is 2.67. The van der Waals surface area contributed by atoms with Gasteiger partial charge in [-0.15, -0.1) is 0 Å². The number of aliphatic carboxylic acids is 1. The van der Waals surface area contributed by atoms with Gasteiger partial charge in [0.2, 0.25) is 0 Å². The smallest absolute Gasteiger partial charge is 0.309 e. The van der Waals surface area contributed by atoms with Crippen molar-refractivity contribution in [2.75, 3.05) is 0 Å². The van der Waals surface area contributed by atoms with Crippen LogP contribution in [0.15, 0.2) is 17.7 Å². The molecule has 0 heterocycles. The van der Waals surface area contributed by atoms with E-state index in [0.29, 0.717) is 17.4 Å². The summed E-state index contributed by atoms with van der Waals surface area (Å²) in [6, 6.07) is 1.94. The van der Waals surface area contributed by atoms with Crippen LogP contribution in [-0.4, -0.2) is 23.0 Å². The van der Waals surface area contributed by atoms with Crippen LogP contribution in [0.25, 0.3) is 0 Å². The van der Waals surface area contributed by atoms with Gasteiger partial charge in [0.25, 0.3) is 0 Å². The van der Waals surface area contributed by atoms with Gasteiger partial charge in [0.15, 0.2) is 11.5 Å². The first-order valence-corrected chi connectivity index (χ1v) is 14.5. The summed E-state index contributed by atoms with van der Waals surface area (Å²) in [5.41, 5.74) is 3.69. The molecule has 4 aliphatic carbocycles. The second-order valence-corrected chi connectivity index (χ2v) is 14.2. The Balaban J connectivity index is 1.63. The van der Waals surface area contributed by atoms with Crippen LogP contribution in [0.1, 0.15) is 110 Å². The van der Waals surface area contributed by atoms with E-state index in [1.54, 1.807) is 0 Å². The zero-order chi connectivity index (χ0) is 28.8. The van der Waals surface area contributed by atoms with E-state index in [1.807, 2.05) is 19.9 Å². The van der Waals surface area contributed by atoms with Crippen molar-refractivity contribution >= 4 is 17.9 Å². The lowest BCUT2D eigenvalue weighted by Crippen LogP contribution is -2.62. The first-order valence-electron chi connectivity index (χ1n) is 14.5. The molecule has 0 spiro atoms. The lowest BCUT2D eigenvalue weighted by molar-refractivity contribution is -0.177. The Kier molecular flexibility index (Phi) is 6.22. The first-order chi connectivity index (χ1) is 18.0. The predicted octanol–water partition coefficient (Wildman–Crippen LogP) is 7.08. The third-order valence-corrected chi connectivity index (χ3v) is 12.0. The Morgan fingerprint density at radius 3 is 2.15 bits per heavy atom. The summed E-state index contributed by atoms with van der Waals surface area (Å²) in [4.78, 5) is 36.3. The molecule has 1 N–H and O–H groups in total. The minimum atomic E-state index is -0.678. The number of carboxylic acid groups (broad SMARTS) is 1. The van der Waals surface area contributed by atoms with Crippen LogP contribution in [0.4, 0.5) is 0 Å². The fraction of sp³-hybridized carbons (Fsp3) is 0.667. The lowest BCUT2D eigenvalue weighted by Gasteiger charge is -2.69. The number of carbonyl (C=O) groups is 3. The van der Waals surface area contributed by atoms with E-state index < -0.39 is 23.3 Å². The highest BCUT2D eigenvalue weighted by atomic mass is 16.6. The molecule has 212 valence electrons. The van der Waals surface area contributed by atoms with Crippen LogP contribution in [0.5, 0.6) is 11.5 Å². The maximum atomic E-state index is 12.4. The molecule has 0 aliphatic heterocycles. The van der Waals surface area contributed by atoms with E-state index in [4.69, 9.17) is 9.47 Å². The molecule has 3 fully saturated rings. The Morgan fingerprint density at radius 1 is 0.897 bits per heavy atom. The summed E-state index contributed by atoms with van der Waals surface area (Å²) in [6.45, 7) is 16.2. The standard InChI is InChI=1S/C33H44O6/c1-19-22-9-10-25-31(6,23(22)17-24(38-20(2)34)27(19)39-21(3)35)14-16-33(8)26-18-30(5,28(36)37)12-11-29(26,4)13-15-32(25,33)7/h10,17,26H,9,11-16,18H2,1-8H3,(H,36,37)/t26-,29-,30-,31-,32+,33-/m1/s1. The fourth-order valence-corrected chi connectivity index (χ4v) is 9.37. The molecule has 6 atom stereocenters. The third kappa shape index (κ3) is 3.83. The second kappa shape index (κ2) is 8.68. The minimum absolute atomic E-state index is 0.0224. The Morgan fingerprint density at radius 2 is 1.54 bits per heavy atom. The summed E-state index contributed by atoms with van der Waals surface area (Å²) in [5.74, 6) is -0.605. The van der Waals surface area contributed by atoms with Gasteiger partial charge in [-0.3, -0.25) is 14.4 Å². The maximum absolute atomic E-state index is 12.4. The SMILES string of the molecule is CC(=O)Oc1cc2c(c(C)c1OC(C)=O)CC=C1[C@]2(C)CC[C@]2(C)[C@@H]3C[C@](C)(C(=O)O)CC[C@]3(C)CC[C@@]12C. The molecule has 4 aliphatic rings. The number of esters is 2. The molecule has 5 rings (SSSR count). The van der Waals surface area contributed by atoms with E-state index in [2.05, 4.69) is 33.8 Å². The molecule has 39 heavy (non-hydrogen) atoms. The summed E-state index contributed by atoms with van der Waals surface area (Å²) < 4.78 is 11.2. The quantitative estimate of drug-likeness (QED) is 0.252. The molecule has 0 aromatic heterocycles. The van der Waals surface area contributed by atoms with Gasteiger partial charge in [0.1, 0.15) is 0 Å². The molecular formula is C33H44O6. The molecule has 6 nitrogen and oxygen atoms in total. The summed E-state index contributed by atoms with van der Waals surface area (Å²) >= 11 is 0. The molecule has 6 heteroatoms. The number of rotatable bonds is 3. The van der Waals surface area contributed by atoms with E-state index in [1.165, 1.54) is 19.4 Å². The number of hydrogen-bond donors (Lipinski definition) is 1. The molecule has 0 saturated heterocycles. The Hall–Kier alpha value is -2.63. The Labute approximate surface area is 232 Å². The van der Waals surface area contributed by atoms with Crippen molar-refractivity contribution in [3.05, 3.63) is 34.4 Å². The third-order valence-electron chi connectivity index (χ3n) is 12.0. The van der Waals surface area contributed by atoms with Crippen LogP contribution in [0.3, 0.4) is 0 Å². The molecule has 0 unspecified atom stereocenters. The summed E-state index contributed by atoms with van der Waals surface area (Å²) in [7, 11) is 0. The van der Waals surface area contributed by atoms with Gasteiger partial charge in [-0.25, -0.2) is 0 Å². The van der Waals surface area contributed by atoms with Crippen molar-refractivity contribution in [2.45, 2.75) is 112 Å². The van der Waals surface area contributed by atoms with E-state index in [0.717, 1.165) is 68.1 Å². The van der Waals surface area contributed by atoms with Gasteiger partial charge in [-0.05, 0) is 110 Å². The van der Waals surface area contributed by atoms with Crippen molar-refractivity contribution < 1.29 is 29.0 Å². The van der Waals surface area contributed by atoms with E-state index in [9.17, 15) is 19.5 Å². The van der Waals surface area contributed by atoms with Crippen LogP contribution < -0.4 is 9.47 Å². The highest BCUT2D eigenvalue weighted by Crippen LogP contribution is 2.74. The molecule has 0 amide bonds. The van der Waals surface area contributed by atoms with Crippen molar-refractivity contribution in [2.24, 2.45) is 27.6 Å². The fourth-order valence-electron chi connectivity index (χ4n) is 9.37. The van der Waals surface area contributed by atoms with Gasteiger partial charge < -0.3 is 14.6 Å². The molecule has 1 aromatic carbocycles. The molecule has 0 bridgehead atoms. The molecule has 3 saturated carbocycles. The number of ether oxygens (including phenoxy) is 2. The molecular weight excluding hydrogens is 492 g/mol. The van der Waals surface area contributed by atoms with E-state index in [-0.39, 0.29) is 21.7 Å². The number of hydrogen-bond acceptors (Lipinski definition) is 5. The minimum Gasteiger partial charge on any atom is -0.481 e. The van der Waals surface area contributed by atoms with Crippen molar-refractivity contribution in [1.29, 1.82) is 0 Å². The lowest BCUT2D eigenvalue weighted by atomic mass is 9.34. The van der Waals surface area contributed by atoms with Crippen LogP contribution in [0.2, 0.25) is 0 Å². The normalized spacial score (nSPS) is 38.8. The summed E-state index contributed by atoms with van der Waals surface area (Å²) in [5, 5.41) is 10.2. The summed E-state index contributed by atoms with van der Waals surface area (Å²) in [6.07, 6.45) is 9.70. The van der Waals surface area contributed by atoms with Crippen molar-refractivity contribution in [3.63, 3.8) is 0 Å². The zero-order valence-corrected chi connectivity index (χ0v) is 24.9. The highest BCUT2D eigenvalue weighted by molar-refractivity contribution is 5.76. The van der Waals surface area contributed by atoms with Gasteiger partial charge in [-0.2, -0.15) is 0 Å². The monoisotopic (exact) mass is 536 g/mol. The van der Waals surface area contributed by atoms with E-state index >= 15 is 0 Å². The Bertz CT molecular complexity index is 1310. The van der Waals surface area contributed by atoms with Crippen molar-refractivity contribution in [3.8, 4) is 11.5 Å². The van der Waals surface area contributed by atoms with Gasteiger partial charge >= 0.3 is 17.9 Å². The first kappa shape index (κ1) is 27.9. The van der Waals surface area contributed by atoms with Crippen LogP contribution in [-0.2, 0) is 26.2 Å². The van der Waals surface area contributed by atoms with Gasteiger partial charge in [0, 0.05) is 19.3 Å². The number of carboxylic acids is 1. The molecule has 1 aromatic rings. The van der Waals surface area contributed by atoms with Gasteiger partial charge in [0.05, 0.1) is 5.41 Å². The number of benzene rings is 1. The second-order valence-electron chi connectivity index (χ2n) is 14.2. The maximum Gasteiger partial charge on any atom is 0.309 e. The van der Waals surface area contributed by atoms with Gasteiger partial charge in [-0.1, -0.05) is 39.3 Å². The number of allylic oxidation sites excluding steroid dienone is 2. The molecule has 0 radical (unpaired) electrons. The van der Waals surface area contributed by atoms with Crippen molar-refractivity contribution in [1.82, 2.24) is 0 Å². The number of fused-ring (bicyclic) bond motifs is 7. The average molecular weight is 537 g/mol. The van der Waals surface area contributed by atoms with Crippen LogP contribution in [0, 0.1) is 34.5 Å². The number of carbonyl (C=O) groups excluding carboxylic acids is 2.